The van der Waals surface area contributed by atoms with E-state index in [-0.39, 0.29) is 0 Å². The molecule has 25 heavy (non-hydrogen) atoms. The number of nitrogens with zero attached hydrogens (tertiary/aromatic N) is 2. The number of benzene rings is 1. The zero-order chi connectivity index (χ0) is 17.7. The van der Waals surface area contributed by atoms with Gasteiger partial charge in [0, 0.05) is 19.6 Å². The molecule has 0 atom stereocenters. The van der Waals surface area contributed by atoms with Crippen molar-refractivity contribution in [3.8, 4) is 0 Å². The fraction of sp³-hybridized carbons (Fsp3) is 0.667. The molecule has 4 nitrogen and oxygen atoms in total. The quantitative estimate of drug-likeness (QED) is 0.410. The van der Waals surface area contributed by atoms with Crippen molar-refractivity contribution in [2.24, 2.45) is 10.9 Å². The van der Waals surface area contributed by atoms with Gasteiger partial charge in [0.1, 0.15) is 0 Å². The Kier molecular flexibility index (Phi) is 9.42. The molecule has 2 rings (SSSR count). The number of rotatable bonds is 9. The molecule has 1 aliphatic heterocycles. The van der Waals surface area contributed by atoms with Gasteiger partial charge in [0.05, 0.1) is 0 Å². The monoisotopic (exact) mass is 344 g/mol. The molecule has 2 N–H and O–H groups in total. The van der Waals surface area contributed by atoms with Gasteiger partial charge in [-0.2, -0.15) is 0 Å². The molecule has 0 radical (unpaired) electrons. The number of guanidine groups is 1. The molecule has 140 valence electrons. The fourth-order valence-electron chi connectivity index (χ4n) is 3.45. The van der Waals surface area contributed by atoms with Crippen LogP contribution in [0.2, 0.25) is 0 Å². The summed E-state index contributed by atoms with van der Waals surface area (Å²) >= 11 is 0. The third-order valence-electron chi connectivity index (χ3n) is 5.08. The van der Waals surface area contributed by atoms with E-state index in [4.69, 9.17) is 4.99 Å². The first-order chi connectivity index (χ1) is 12.3. The topological polar surface area (TPSA) is 39.7 Å². The molecule has 0 spiro atoms. The third-order valence-corrected chi connectivity index (χ3v) is 5.08. The lowest BCUT2D eigenvalue weighted by Crippen LogP contribution is -2.39. The van der Waals surface area contributed by atoms with Crippen molar-refractivity contribution in [3.05, 3.63) is 35.9 Å². The number of hydrogen-bond acceptors (Lipinski definition) is 2. The van der Waals surface area contributed by atoms with Gasteiger partial charge >= 0.3 is 0 Å². The highest BCUT2D eigenvalue weighted by Crippen LogP contribution is 2.19. The molecule has 0 aliphatic carbocycles. The zero-order valence-corrected chi connectivity index (χ0v) is 16.1. The molecule has 0 amide bonds. The van der Waals surface area contributed by atoms with E-state index in [1.54, 1.807) is 0 Å². The molecule has 0 aromatic heterocycles. The van der Waals surface area contributed by atoms with Crippen LogP contribution in [0.4, 0.5) is 0 Å². The van der Waals surface area contributed by atoms with Crippen LogP contribution < -0.4 is 10.6 Å². The van der Waals surface area contributed by atoms with E-state index >= 15 is 0 Å². The second-order valence-electron chi connectivity index (χ2n) is 6.94. The summed E-state index contributed by atoms with van der Waals surface area (Å²) in [7, 11) is 0. The fourth-order valence-corrected chi connectivity index (χ4v) is 3.45. The predicted octanol–water partition coefficient (Wildman–Crippen LogP) is 3.30. The van der Waals surface area contributed by atoms with Crippen LogP contribution in [0.15, 0.2) is 35.3 Å². The van der Waals surface area contributed by atoms with Gasteiger partial charge in [-0.3, -0.25) is 4.99 Å². The summed E-state index contributed by atoms with van der Waals surface area (Å²) in [6.45, 7) is 11.0. The summed E-state index contributed by atoms with van der Waals surface area (Å²) in [6, 6.07) is 10.7. The Bertz CT molecular complexity index is 478. The van der Waals surface area contributed by atoms with E-state index in [2.05, 4.69) is 59.7 Å². The van der Waals surface area contributed by atoms with Crippen LogP contribution in [0.25, 0.3) is 0 Å². The van der Waals surface area contributed by atoms with E-state index in [1.165, 1.54) is 44.5 Å². The van der Waals surface area contributed by atoms with Gasteiger partial charge in [0.15, 0.2) is 5.96 Å². The lowest BCUT2D eigenvalue weighted by atomic mass is 9.93. The Hall–Kier alpha value is -1.55. The molecule has 4 heteroatoms. The molecule has 1 aliphatic rings. The largest absolute Gasteiger partial charge is 0.357 e. The van der Waals surface area contributed by atoms with E-state index in [0.717, 1.165) is 44.4 Å². The summed E-state index contributed by atoms with van der Waals surface area (Å²) in [6.07, 6.45) is 6.14. The van der Waals surface area contributed by atoms with Gasteiger partial charge in [-0.05, 0) is 70.1 Å². The summed E-state index contributed by atoms with van der Waals surface area (Å²) < 4.78 is 0. The van der Waals surface area contributed by atoms with Gasteiger partial charge < -0.3 is 15.5 Å². The molecule has 1 saturated heterocycles. The van der Waals surface area contributed by atoms with Crippen molar-refractivity contribution < 1.29 is 0 Å². The highest BCUT2D eigenvalue weighted by molar-refractivity contribution is 5.79. The summed E-state index contributed by atoms with van der Waals surface area (Å²) in [5, 5.41) is 6.88. The molecule has 1 aromatic carbocycles. The lowest BCUT2D eigenvalue weighted by molar-refractivity contribution is 0.187. The maximum Gasteiger partial charge on any atom is 0.191 e. The van der Waals surface area contributed by atoms with E-state index < -0.39 is 0 Å². The Morgan fingerprint density at radius 2 is 1.88 bits per heavy atom. The number of aliphatic imine (C=N–C) groups is 1. The van der Waals surface area contributed by atoms with Crippen molar-refractivity contribution in [1.29, 1.82) is 0 Å². The Morgan fingerprint density at radius 3 is 2.56 bits per heavy atom. The van der Waals surface area contributed by atoms with Gasteiger partial charge in [-0.15, -0.1) is 0 Å². The van der Waals surface area contributed by atoms with E-state index in [0.29, 0.717) is 0 Å². The van der Waals surface area contributed by atoms with E-state index in [1.807, 2.05) is 0 Å². The van der Waals surface area contributed by atoms with Crippen molar-refractivity contribution in [2.75, 3.05) is 39.3 Å². The lowest BCUT2D eigenvalue weighted by Gasteiger charge is -2.31. The number of nitrogens with one attached hydrogen (secondary N) is 2. The highest BCUT2D eigenvalue weighted by atomic mass is 15.2. The van der Waals surface area contributed by atoms with Crippen LogP contribution in [0.3, 0.4) is 0 Å². The first-order valence-corrected chi connectivity index (χ1v) is 10.1. The molecule has 1 aromatic rings. The van der Waals surface area contributed by atoms with Crippen LogP contribution in [0, 0.1) is 5.92 Å². The van der Waals surface area contributed by atoms with Gasteiger partial charge in [-0.1, -0.05) is 37.3 Å². The second-order valence-corrected chi connectivity index (χ2v) is 6.94. The number of likely N-dealkylation sites (tertiary alicyclic amines) is 1. The zero-order valence-electron chi connectivity index (χ0n) is 16.1. The number of aryl methyl sites for hydroxylation is 1. The van der Waals surface area contributed by atoms with Crippen molar-refractivity contribution >= 4 is 5.96 Å². The van der Waals surface area contributed by atoms with Gasteiger partial charge in [0.2, 0.25) is 0 Å². The smallest absolute Gasteiger partial charge is 0.191 e. The van der Waals surface area contributed by atoms with Crippen LogP contribution in [-0.4, -0.2) is 50.1 Å². The SMILES string of the molecule is CCNC(=NCCCc1ccccc1)NCCC1CCN(CC)CC1. The van der Waals surface area contributed by atoms with Crippen LogP contribution >= 0.6 is 0 Å². The van der Waals surface area contributed by atoms with Gasteiger partial charge in [0.25, 0.3) is 0 Å². The number of piperidine rings is 1. The first kappa shape index (κ1) is 19.8. The first-order valence-electron chi connectivity index (χ1n) is 10.1. The van der Waals surface area contributed by atoms with Crippen molar-refractivity contribution in [3.63, 3.8) is 0 Å². The van der Waals surface area contributed by atoms with Crippen LogP contribution in [0.5, 0.6) is 0 Å². The maximum absolute atomic E-state index is 4.72. The Balaban J connectivity index is 1.63. The van der Waals surface area contributed by atoms with Crippen molar-refractivity contribution in [1.82, 2.24) is 15.5 Å². The minimum absolute atomic E-state index is 0.872. The maximum atomic E-state index is 4.72. The minimum Gasteiger partial charge on any atom is -0.357 e. The molecule has 1 heterocycles. The van der Waals surface area contributed by atoms with Crippen molar-refractivity contribution in [2.45, 2.75) is 46.0 Å². The van der Waals surface area contributed by atoms with Gasteiger partial charge in [-0.25, -0.2) is 0 Å². The van der Waals surface area contributed by atoms with Crippen LogP contribution in [0.1, 0.15) is 45.1 Å². The summed E-state index contributed by atoms with van der Waals surface area (Å²) in [4.78, 5) is 7.28. The highest BCUT2D eigenvalue weighted by Gasteiger charge is 2.17. The number of hydrogen-bond donors (Lipinski definition) is 2. The molecule has 1 fully saturated rings. The molecular formula is C21H36N4. The standard InChI is InChI=1S/C21H36N4/c1-3-22-21(23-15-8-11-19-9-6-5-7-10-19)24-16-12-20-13-17-25(4-2)18-14-20/h5-7,9-10,20H,3-4,8,11-18H2,1-2H3,(H2,22,23,24). The molecule has 0 bridgehead atoms. The molecule has 0 saturated carbocycles. The average molecular weight is 345 g/mol. The van der Waals surface area contributed by atoms with Crippen LogP contribution in [-0.2, 0) is 6.42 Å². The third kappa shape index (κ3) is 7.91. The Labute approximate surface area is 154 Å². The molecule has 0 unspecified atom stereocenters. The summed E-state index contributed by atoms with van der Waals surface area (Å²) in [5.41, 5.74) is 1.40. The predicted molar refractivity (Wildman–Crippen MR) is 108 cm³/mol. The molecular weight excluding hydrogens is 308 g/mol. The average Bonchev–Trinajstić information content (AvgIpc) is 2.66. The second kappa shape index (κ2) is 11.9. The normalized spacial score (nSPS) is 16.8. The minimum atomic E-state index is 0.872. The Morgan fingerprint density at radius 1 is 1.12 bits per heavy atom. The van der Waals surface area contributed by atoms with E-state index in [9.17, 15) is 0 Å². The summed E-state index contributed by atoms with van der Waals surface area (Å²) in [5.74, 6) is 1.85.